The van der Waals surface area contributed by atoms with Gasteiger partial charge in [0.2, 0.25) is 0 Å². The molecular weight excluding hydrogens is 436 g/mol. The van der Waals surface area contributed by atoms with E-state index < -0.39 is 5.97 Å². The number of esters is 1. The van der Waals surface area contributed by atoms with E-state index in [0.717, 1.165) is 34.1 Å². The molecule has 3 aromatic carbocycles. The van der Waals surface area contributed by atoms with Gasteiger partial charge in [-0.25, -0.2) is 4.79 Å². The average molecular weight is 473 g/mol. The van der Waals surface area contributed by atoms with Gasteiger partial charge in [-0.1, -0.05) is 68.3 Å². The number of rotatable bonds is 10. The number of fused-ring (bicyclic) bond motifs is 1. The Morgan fingerprint density at radius 3 is 2.43 bits per heavy atom. The van der Waals surface area contributed by atoms with Crippen molar-refractivity contribution in [3.8, 4) is 16.9 Å². The minimum Gasteiger partial charge on any atom is -0.489 e. The topological polar surface area (TPSA) is 55.8 Å². The molecule has 0 amide bonds. The molecule has 0 saturated heterocycles. The molecule has 4 rings (SSSR count). The largest absolute Gasteiger partial charge is 0.489 e. The van der Waals surface area contributed by atoms with Crippen molar-refractivity contribution in [3.63, 3.8) is 0 Å². The highest BCUT2D eigenvalue weighted by atomic mass is 16.6. The van der Waals surface area contributed by atoms with Crippen molar-refractivity contribution in [1.29, 1.82) is 0 Å². The van der Waals surface area contributed by atoms with Crippen LogP contribution in [0.5, 0.6) is 5.75 Å². The van der Waals surface area contributed by atoms with Crippen molar-refractivity contribution < 1.29 is 19.4 Å². The first-order valence-corrected chi connectivity index (χ1v) is 12.8. The van der Waals surface area contributed by atoms with Gasteiger partial charge in [-0.05, 0) is 78.3 Å². The number of ether oxygens (including phenoxy) is 2. The Hall–Kier alpha value is -3.11. The van der Waals surface area contributed by atoms with Gasteiger partial charge in [-0.2, -0.15) is 0 Å². The minimum atomic E-state index is -0.408. The second-order valence-corrected chi connectivity index (χ2v) is 9.58. The van der Waals surface area contributed by atoms with Crippen LogP contribution in [0, 0.1) is 0 Å². The van der Waals surface area contributed by atoms with Gasteiger partial charge in [-0.3, -0.25) is 0 Å². The molecule has 0 spiro atoms. The van der Waals surface area contributed by atoms with Crippen molar-refractivity contribution in [2.45, 2.75) is 57.8 Å². The maximum Gasteiger partial charge on any atom is 0.333 e. The van der Waals surface area contributed by atoms with Crippen LogP contribution < -0.4 is 4.74 Å². The Morgan fingerprint density at radius 1 is 0.971 bits per heavy atom. The number of aryl methyl sites for hydroxylation is 1. The molecule has 0 aromatic heterocycles. The fourth-order valence-electron chi connectivity index (χ4n) is 4.90. The SMILES string of the molecule is C=C(C)C(=O)OCCOc1cc(CCCO)cc2ccc(-c3ccc(C4CCCCC4)cc3)cc12. The number of benzene rings is 3. The zero-order chi connectivity index (χ0) is 24.6. The predicted octanol–water partition coefficient (Wildman–Crippen LogP) is 6.98. The Kier molecular flexibility index (Phi) is 8.59. The van der Waals surface area contributed by atoms with Gasteiger partial charge < -0.3 is 14.6 Å². The molecular formula is C31H36O4. The van der Waals surface area contributed by atoms with Crippen LogP contribution in [-0.4, -0.2) is 30.9 Å². The smallest absolute Gasteiger partial charge is 0.333 e. The first-order chi connectivity index (χ1) is 17.0. The summed E-state index contributed by atoms with van der Waals surface area (Å²) in [6.45, 7) is 5.82. The standard InChI is InChI=1S/C31H36O4/c1-22(2)31(33)35-18-17-34-30-20-23(7-6-16-32)19-28-15-14-27(21-29(28)30)26-12-10-25(11-13-26)24-8-4-3-5-9-24/h10-15,19-21,24,32H,1,3-9,16-18H2,2H3. The van der Waals surface area contributed by atoms with Gasteiger partial charge in [-0.15, -0.1) is 0 Å². The molecule has 0 atom stereocenters. The first-order valence-electron chi connectivity index (χ1n) is 12.8. The van der Waals surface area contributed by atoms with E-state index in [2.05, 4.69) is 55.1 Å². The molecule has 3 aromatic rings. The van der Waals surface area contributed by atoms with Crippen LogP contribution in [0.15, 0.2) is 66.7 Å². The summed E-state index contributed by atoms with van der Waals surface area (Å²) in [7, 11) is 0. The number of aliphatic hydroxyl groups is 1. The summed E-state index contributed by atoms with van der Waals surface area (Å²) in [6, 6.07) is 19.7. The van der Waals surface area contributed by atoms with Crippen molar-refractivity contribution in [2.75, 3.05) is 19.8 Å². The fourth-order valence-corrected chi connectivity index (χ4v) is 4.90. The van der Waals surface area contributed by atoms with Crippen LogP contribution in [-0.2, 0) is 16.0 Å². The first kappa shape index (κ1) is 25.0. The third-order valence-corrected chi connectivity index (χ3v) is 6.84. The van der Waals surface area contributed by atoms with Gasteiger partial charge >= 0.3 is 5.97 Å². The summed E-state index contributed by atoms with van der Waals surface area (Å²) in [5.74, 6) is 1.06. The van der Waals surface area contributed by atoms with Crippen LogP contribution in [0.3, 0.4) is 0 Å². The number of carbonyl (C=O) groups excluding carboxylic acids is 1. The summed E-state index contributed by atoms with van der Waals surface area (Å²) in [5, 5.41) is 11.4. The Balaban J connectivity index is 1.57. The predicted molar refractivity (Wildman–Crippen MR) is 142 cm³/mol. The monoisotopic (exact) mass is 472 g/mol. The maximum absolute atomic E-state index is 11.7. The van der Waals surface area contributed by atoms with Gasteiger partial charge in [0.25, 0.3) is 0 Å². The Labute approximate surface area is 208 Å². The molecule has 0 aliphatic heterocycles. The van der Waals surface area contributed by atoms with E-state index in [1.54, 1.807) is 6.92 Å². The molecule has 1 N–H and O–H groups in total. The van der Waals surface area contributed by atoms with Gasteiger partial charge in [0.15, 0.2) is 0 Å². The lowest BCUT2D eigenvalue weighted by atomic mass is 9.83. The summed E-state index contributed by atoms with van der Waals surface area (Å²) >= 11 is 0. The zero-order valence-electron chi connectivity index (χ0n) is 20.7. The van der Waals surface area contributed by atoms with E-state index >= 15 is 0 Å². The van der Waals surface area contributed by atoms with Crippen LogP contribution in [0.4, 0.5) is 0 Å². The molecule has 0 radical (unpaired) electrons. The highest BCUT2D eigenvalue weighted by molar-refractivity contribution is 5.93. The van der Waals surface area contributed by atoms with E-state index in [1.807, 2.05) is 6.07 Å². The van der Waals surface area contributed by atoms with Gasteiger partial charge in [0.1, 0.15) is 19.0 Å². The van der Waals surface area contributed by atoms with Crippen molar-refractivity contribution in [3.05, 3.63) is 77.9 Å². The lowest BCUT2D eigenvalue weighted by molar-refractivity contribution is -0.139. The summed E-state index contributed by atoms with van der Waals surface area (Å²) < 4.78 is 11.3. The zero-order valence-corrected chi connectivity index (χ0v) is 20.7. The van der Waals surface area contributed by atoms with Gasteiger partial charge in [0, 0.05) is 17.6 Å². The number of aliphatic hydroxyl groups excluding tert-OH is 1. The van der Waals surface area contributed by atoms with Crippen LogP contribution in [0.2, 0.25) is 0 Å². The third-order valence-electron chi connectivity index (χ3n) is 6.84. The van der Waals surface area contributed by atoms with Crippen molar-refractivity contribution in [2.24, 2.45) is 0 Å². The molecule has 0 bridgehead atoms. The lowest BCUT2D eigenvalue weighted by Gasteiger charge is -2.22. The van der Waals surface area contributed by atoms with Crippen molar-refractivity contribution >= 4 is 16.7 Å². The molecule has 1 aliphatic rings. The summed E-state index contributed by atoms with van der Waals surface area (Å²) in [5.41, 5.74) is 5.29. The molecule has 35 heavy (non-hydrogen) atoms. The summed E-state index contributed by atoms with van der Waals surface area (Å²) in [4.78, 5) is 11.7. The quantitative estimate of drug-likeness (QED) is 0.196. The highest BCUT2D eigenvalue weighted by Crippen LogP contribution is 2.35. The molecule has 0 heterocycles. The average Bonchev–Trinajstić information content (AvgIpc) is 2.90. The molecule has 184 valence electrons. The normalized spacial score (nSPS) is 14.1. The van der Waals surface area contributed by atoms with E-state index in [4.69, 9.17) is 9.47 Å². The summed E-state index contributed by atoms with van der Waals surface area (Å²) in [6.07, 6.45) is 8.13. The lowest BCUT2D eigenvalue weighted by Crippen LogP contribution is -2.12. The van der Waals surface area contributed by atoms with Crippen LogP contribution in [0.25, 0.3) is 21.9 Å². The number of hydrogen-bond acceptors (Lipinski definition) is 4. The van der Waals surface area contributed by atoms with Crippen LogP contribution in [0.1, 0.15) is 62.5 Å². The maximum atomic E-state index is 11.7. The molecule has 0 unspecified atom stereocenters. The number of carbonyl (C=O) groups is 1. The van der Waals surface area contributed by atoms with Crippen LogP contribution >= 0.6 is 0 Å². The van der Waals surface area contributed by atoms with Gasteiger partial charge in [0.05, 0.1) is 0 Å². The van der Waals surface area contributed by atoms with E-state index in [1.165, 1.54) is 43.2 Å². The molecule has 1 saturated carbocycles. The molecule has 4 nitrogen and oxygen atoms in total. The van der Waals surface area contributed by atoms with E-state index in [0.29, 0.717) is 17.9 Å². The Bertz CT molecular complexity index is 1160. The second-order valence-electron chi connectivity index (χ2n) is 9.58. The minimum absolute atomic E-state index is 0.154. The third kappa shape index (κ3) is 6.52. The molecule has 1 fully saturated rings. The van der Waals surface area contributed by atoms with E-state index in [-0.39, 0.29) is 19.8 Å². The fraction of sp³-hybridized carbons (Fsp3) is 0.387. The highest BCUT2D eigenvalue weighted by Gasteiger charge is 2.15. The second kappa shape index (κ2) is 12.0. The Morgan fingerprint density at radius 2 is 1.71 bits per heavy atom. The number of hydrogen-bond donors (Lipinski definition) is 1. The van der Waals surface area contributed by atoms with Crippen molar-refractivity contribution in [1.82, 2.24) is 0 Å². The van der Waals surface area contributed by atoms with E-state index in [9.17, 15) is 9.90 Å². The molecule has 4 heteroatoms. The molecule has 1 aliphatic carbocycles.